The van der Waals surface area contributed by atoms with Gasteiger partial charge < -0.3 is 15.0 Å². The fraction of sp³-hybridized carbons (Fsp3) is 0.625. The molecule has 0 aromatic carbocycles. The van der Waals surface area contributed by atoms with Gasteiger partial charge in [0.2, 0.25) is 0 Å². The molecular formula is C16H23N4OS2+. The number of thiophene rings is 1. The van der Waals surface area contributed by atoms with Crippen LogP contribution in [0.1, 0.15) is 24.3 Å². The highest BCUT2D eigenvalue weighted by atomic mass is 32.2. The van der Waals surface area contributed by atoms with Crippen molar-refractivity contribution in [3.8, 4) is 0 Å². The molecule has 2 N–H and O–H groups in total. The van der Waals surface area contributed by atoms with Crippen molar-refractivity contribution >= 4 is 39.1 Å². The number of thioether (sulfide) groups is 1. The second-order valence-corrected chi connectivity index (χ2v) is 8.65. The van der Waals surface area contributed by atoms with Crippen LogP contribution >= 0.6 is 23.1 Å². The first-order valence-electron chi connectivity index (χ1n) is 8.14. The van der Waals surface area contributed by atoms with Crippen LogP contribution in [0, 0.1) is 0 Å². The van der Waals surface area contributed by atoms with Gasteiger partial charge in [-0.15, -0.1) is 11.3 Å². The summed E-state index contributed by atoms with van der Waals surface area (Å²) in [4.78, 5) is 14.6. The summed E-state index contributed by atoms with van der Waals surface area (Å²) in [6, 6.07) is 0. The second kappa shape index (κ2) is 5.88. The Morgan fingerprint density at radius 3 is 2.78 bits per heavy atom. The van der Waals surface area contributed by atoms with Gasteiger partial charge in [-0.05, 0) is 25.7 Å². The third-order valence-electron chi connectivity index (χ3n) is 4.58. The summed E-state index contributed by atoms with van der Waals surface area (Å²) in [6.45, 7) is 9.44. The molecule has 23 heavy (non-hydrogen) atoms. The Kier molecular flexibility index (Phi) is 3.99. The van der Waals surface area contributed by atoms with E-state index in [9.17, 15) is 0 Å². The van der Waals surface area contributed by atoms with Crippen molar-refractivity contribution in [1.29, 1.82) is 0 Å². The van der Waals surface area contributed by atoms with Gasteiger partial charge in [0.1, 0.15) is 10.6 Å². The molecule has 7 heteroatoms. The molecule has 4 rings (SSSR count). The molecule has 5 nitrogen and oxygen atoms in total. The molecule has 0 spiro atoms. The molecule has 1 fully saturated rings. The fourth-order valence-electron chi connectivity index (χ4n) is 3.39. The number of ether oxygens (including phenoxy) is 1. The second-order valence-electron chi connectivity index (χ2n) is 6.80. The van der Waals surface area contributed by atoms with Crippen LogP contribution in [0.15, 0.2) is 5.16 Å². The lowest BCUT2D eigenvalue weighted by atomic mass is 9.94. The molecule has 2 aliphatic rings. The Bertz CT molecular complexity index is 737. The molecule has 0 saturated carbocycles. The minimum absolute atomic E-state index is 0.105. The number of aromatic nitrogens is 2. The number of rotatable bonds is 2. The monoisotopic (exact) mass is 351 g/mol. The van der Waals surface area contributed by atoms with Crippen molar-refractivity contribution in [1.82, 2.24) is 9.97 Å². The summed E-state index contributed by atoms with van der Waals surface area (Å²) < 4.78 is 6.00. The maximum Gasteiger partial charge on any atom is 0.190 e. The molecule has 0 unspecified atom stereocenters. The van der Waals surface area contributed by atoms with Gasteiger partial charge >= 0.3 is 0 Å². The lowest BCUT2D eigenvalue weighted by Gasteiger charge is -2.31. The van der Waals surface area contributed by atoms with Crippen molar-refractivity contribution < 1.29 is 10.1 Å². The average Bonchev–Trinajstić information content (AvgIpc) is 2.91. The van der Waals surface area contributed by atoms with E-state index in [0.717, 1.165) is 48.4 Å². The van der Waals surface area contributed by atoms with Crippen LogP contribution in [-0.2, 0) is 17.8 Å². The van der Waals surface area contributed by atoms with Crippen molar-refractivity contribution in [2.45, 2.75) is 37.6 Å². The van der Waals surface area contributed by atoms with Crippen LogP contribution in [0.4, 0.5) is 5.82 Å². The maximum atomic E-state index is 6.00. The average molecular weight is 352 g/mol. The first-order chi connectivity index (χ1) is 11.1. The van der Waals surface area contributed by atoms with Crippen LogP contribution in [0.25, 0.3) is 10.2 Å². The molecule has 0 atom stereocenters. The highest BCUT2D eigenvalue weighted by molar-refractivity contribution is 7.98. The van der Waals surface area contributed by atoms with E-state index >= 15 is 0 Å². The first kappa shape index (κ1) is 15.6. The fourth-order valence-corrected chi connectivity index (χ4v) is 4.90. The quantitative estimate of drug-likeness (QED) is 0.659. The first-order valence-corrected chi connectivity index (χ1v) is 10.2. The van der Waals surface area contributed by atoms with Gasteiger partial charge in [0.25, 0.3) is 0 Å². The van der Waals surface area contributed by atoms with Gasteiger partial charge in [0, 0.05) is 11.3 Å². The van der Waals surface area contributed by atoms with Gasteiger partial charge in [-0.2, -0.15) is 0 Å². The molecule has 2 aromatic heterocycles. The number of piperazine rings is 1. The van der Waals surface area contributed by atoms with Crippen LogP contribution in [0.5, 0.6) is 0 Å². The topological polar surface area (TPSA) is 54.9 Å². The van der Waals surface area contributed by atoms with E-state index in [1.165, 1.54) is 15.8 Å². The molecule has 0 radical (unpaired) electrons. The van der Waals surface area contributed by atoms with Crippen LogP contribution in [-0.4, -0.2) is 48.0 Å². The minimum Gasteiger partial charge on any atom is -0.370 e. The Labute approximate surface area is 144 Å². The summed E-state index contributed by atoms with van der Waals surface area (Å²) in [5.41, 5.74) is 1.31. The zero-order valence-electron chi connectivity index (χ0n) is 13.9. The Hall–Kier alpha value is -0.890. The molecule has 4 heterocycles. The van der Waals surface area contributed by atoms with E-state index in [1.54, 1.807) is 23.1 Å². The predicted octanol–water partition coefficient (Wildman–Crippen LogP) is 1.65. The lowest BCUT2D eigenvalue weighted by molar-refractivity contribution is -0.655. The minimum atomic E-state index is -0.105. The van der Waals surface area contributed by atoms with E-state index < -0.39 is 0 Å². The Balaban J connectivity index is 1.90. The zero-order chi connectivity index (χ0) is 16.0. The molecule has 0 bridgehead atoms. The zero-order valence-corrected chi connectivity index (χ0v) is 15.5. The number of fused-ring (bicyclic) bond motifs is 3. The number of anilines is 1. The molecule has 0 amide bonds. The van der Waals surface area contributed by atoms with Crippen LogP contribution in [0.2, 0.25) is 0 Å². The van der Waals surface area contributed by atoms with Crippen molar-refractivity contribution in [3.63, 3.8) is 0 Å². The highest BCUT2D eigenvalue weighted by Crippen LogP contribution is 2.42. The number of nitrogens with zero attached hydrogens (tertiary/aromatic N) is 3. The smallest absolute Gasteiger partial charge is 0.190 e. The van der Waals surface area contributed by atoms with E-state index in [4.69, 9.17) is 14.7 Å². The summed E-state index contributed by atoms with van der Waals surface area (Å²) in [5, 5.41) is 4.53. The summed E-state index contributed by atoms with van der Waals surface area (Å²) in [7, 11) is 0. The van der Waals surface area contributed by atoms with Gasteiger partial charge in [-0.1, -0.05) is 11.8 Å². The molecule has 124 valence electrons. The van der Waals surface area contributed by atoms with E-state index in [1.807, 2.05) is 0 Å². The highest BCUT2D eigenvalue weighted by Gasteiger charge is 2.32. The Morgan fingerprint density at radius 2 is 2.04 bits per heavy atom. The Morgan fingerprint density at radius 1 is 1.26 bits per heavy atom. The van der Waals surface area contributed by atoms with E-state index in [2.05, 4.69) is 30.3 Å². The van der Waals surface area contributed by atoms with Crippen molar-refractivity contribution in [2.75, 3.05) is 37.3 Å². The van der Waals surface area contributed by atoms with Crippen molar-refractivity contribution in [2.24, 2.45) is 0 Å². The summed E-state index contributed by atoms with van der Waals surface area (Å²) in [5.74, 6) is 1.14. The SMILES string of the molecule is CSc1nc(N2CC[NH2+]CC2)c2c3c(sc2n1)COC(C)(C)C3. The molecule has 2 aromatic rings. The van der Waals surface area contributed by atoms with Crippen LogP contribution < -0.4 is 10.2 Å². The number of nitrogens with two attached hydrogens (primary N) is 1. The maximum absolute atomic E-state index is 6.00. The normalized spacial score (nSPS) is 20.7. The number of hydrogen-bond acceptors (Lipinski definition) is 6. The van der Waals surface area contributed by atoms with Gasteiger partial charge in [0.15, 0.2) is 5.16 Å². The summed E-state index contributed by atoms with van der Waals surface area (Å²) >= 11 is 3.41. The van der Waals surface area contributed by atoms with Gasteiger partial charge in [0.05, 0.1) is 43.8 Å². The third kappa shape index (κ3) is 2.84. The van der Waals surface area contributed by atoms with E-state index in [-0.39, 0.29) is 5.60 Å². The van der Waals surface area contributed by atoms with E-state index in [0.29, 0.717) is 6.61 Å². The summed E-state index contributed by atoms with van der Waals surface area (Å²) in [6.07, 6.45) is 2.99. The largest absolute Gasteiger partial charge is 0.370 e. The number of quaternary nitrogens is 1. The van der Waals surface area contributed by atoms with Gasteiger partial charge in [-0.3, -0.25) is 0 Å². The number of hydrogen-bond donors (Lipinski definition) is 1. The molecular weight excluding hydrogens is 328 g/mol. The predicted molar refractivity (Wildman–Crippen MR) is 95.6 cm³/mol. The van der Waals surface area contributed by atoms with Crippen LogP contribution in [0.3, 0.4) is 0 Å². The molecule has 0 aliphatic carbocycles. The standard InChI is InChI=1S/C16H22N4OS2/c1-16(2)8-10-11(9-21-16)23-14-12(10)13(18-15(19-14)22-3)20-6-4-17-5-7-20/h17H,4-9H2,1-3H3/p+1. The van der Waals surface area contributed by atoms with Gasteiger partial charge in [-0.25, -0.2) is 9.97 Å². The van der Waals surface area contributed by atoms with Crippen molar-refractivity contribution in [3.05, 3.63) is 10.4 Å². The molecule has 2 aliphatic heterocycles. The lowest BCUT2D eigenvalue weighted by Crippen LogP contribution is -2.89. The third-order valence-corrected chi connectivity index (χ3v) is 6.23. The molecule has 1 saturated heterocycles.